The first kappa shape index (κ1) is 34.2. The Balaban J connectivity index is 1.52. The highest BCUT2D eigenvalue weighted by molar-refractivity contribution is 6.37. The minimum absolute atomic E-state index is 0.0543. The molecule has 2 aliphatic rings. The molecule has 0 spiro atoms. The molecule has 1 amide bonds. The molecule has 0 bridgehead atoms. The normalized spacial score (nSPS) is 16.8. The number of likely N-dealkylation sites (tertiary alicyclic amines) is 1. The van der Waals surface area contributed by atoms with Crippen LogP contribution in [0.25, 0.3) is 22.2 Å². The summed E-state index contributed by atoms with van der Waals surface area (Å²) in [5.41, 5.74) is 1.33. The molecule has 0 unspecified atom stereocenters. The first-order chi connectivity index (χ1) is 23.0. The van der Waals surface area contributed by atoms with Gasteiger partial charge in [0.2, 0.25) is 0 Å². The van der Waals surface area contributed by atoms with Crippen molar-refractivity contribution in [2.24, 2.45) is 0 Å². The molecule has 2 heterocycles. The minimum atomic E-state index is -4.57. The van der Waals surface area contributed by atoms with E-state index in [0.717, 1.165) is 43.4 Å². The second-order valence-electron chi connectivity index (χ2n) is 13.0. The second-order valence-corrected chi connectivity index (χ2v) is 13.3. The molecule has 3 N–H and O–H groups in total. The lowest BCUT2D eigenvalue weighted by Crippen LogP contribution is -2.43. The molecule has 4 aromatic rings. The van der Waals surface area contributed by atoms with Crippen LogP contribution in [0.4, 0.5) is 13.2 Å². The van der Waals surface area contributed by atoms with Gasteiger partial charge in [0.15, 0.2) is 0 Å². The number of nitrogens with one attached hydrogen (secondary N) is 2. The van der Waals surface area contributed by atoms with Crippen LogP contribution in [0, 0.1) is 0 Å². The summed E-state index contributed by atoms with van der Waals surface area (Å²) in [6, 6.07) is 18.6. The Morgan fingerprint density at radius 2 is 1.81 bits per heavy atom. The predicted octanol–water partition coefficient (Wildman–Crippen LogP) is 7.33. The number of carbonyl (C=O) groups excluding carboxylic acids is 1. The number of halogens is 4. The number of benzene rings is 3. The van der Waals surface area contributed by atoms with Crippen molar-refractivity contribution in [3.63, 3.8) is 0 Å². The third kappa shape index (κ3) is 7.32. The molecule has 48 heavy (non-hydrogen) atoms. The summed E-state index contributed by atoms with van der Waals surface area (Å²) >= 11 is 6.93. The Hall–Kier alpha value is -3.70. The fraction of sp³-hybridized carbons (Fsp3) is 0.405. The third-order valence-electron chi connectivity index (χ3n) is 9.16. The Morgan fingerprint density at radius 3 is 2.46 bits per heavy atom. The lowest BCUT2D eigenvalue weighted by Gasteiger charge is -2.33. The van der Waals surface area contributed by atoms with Gasteiger partial charge in [-0.2, -0.15) is 13.2 Å². The van der Waals surface area contributed by atoms with E-state index in [1.54, 1.807) is 18.2 Å². The number of aliphatic hydroxyl groups is 1. The van der Waals surface area contributed by atoms with Gasteiger partial charge in [-0.15, -0.1) is 0 Å². The van der Waals surface area contributed by atoms with Gasteiger partial charge in [-0.1, -0.05) is 54.1 Å². The van der Waals surface area contributed by atoms with E-state index in [4.69, 9.17) is 21.3 Å². The smallest absolute Gasteiger partial charge is 0.416 e. The van der Waals surface area contributed by atoms with E-state index in [-0.39, 0.29) is 46.5 Å². The number of amides is 1. The molecule has 1 aromatic heterocycles. The standard InChI is InChI=1S/C37H40ClF3N4O3/c1-23(2)48-30-12-11-28-31(35(47)44-36(15-16-36)25-8-4-3-5-9-25)29(22-45-18-13-27(14-19-45)42-17-20-46)33(43-34(28)32(30)38)24-7-6-10-26(21-24)37(39,40)41/h3-12,21,23,27,42,46H,13-20,22H2,1-2H3,(H,44,47). The highest BCUT2D eigenvalue weighted by Crippen LogP contribution is 2.46. The van der Waals surface area contributed by atoms with Crippen LogP contribution in [0.2, 0.25) is 5.02 Å². The van der Waals surface area contributed by atoms with E-state index in [1.807, 2.05) is 44.2 Å². The number of aromatic nitrogens is 1. The van der Waals surface area contributed by atoms with Crippen LogP contribution in [0.15, 0.2) is 66.7 Å². The topological polar surface area (TPSA) is 86.7 Å². The van der Waals surface area contributed by atoms with Gasteiger partial charge in [-0.25, -0.2) is 4.98 Å². The van der Waals surface area contributed by atoms with Gasteiger partial charge in [0.25, 0.3) is 5.91 Å². The lowest BCUT2D eigenvalue weighted by atomic mass is 9.93. The zero-order valence-electron chi connectivity index (χ0n) is 27.0. The number of rotatable bonds is 11. The molecule has 0 atom stereocenters. The number of aliphatic hydroxyl groups excluding tert-OH is 1. The molecule has 1 aliphatic carbocycles. The van der Waals surface area contributed by atoms with Crippen LogP contribution in [-0.2, 0) is 18.3 Å². The number of nitrogens with zero attached hydrogens (tertiary/aromatic N) is 2. The number of pyridine rings is 1. The number of piperidine rings is 1. The molecule has 2 fully saturated rings. The summed E-state index contributed by atoms with van der Waals surface area (Å²) in [5, 5.41) is 16.6. The summed E-state index contributed by atoms with van der Waals surface area (Å²) in [6.07, 6.45) is -1.59. The molecular weight excluding hydrogens is 641 g/mol. The van der Waals surface area contributed by atoms with Crippen LogP contribution in [0.3, 0.4) is 0 Å². The molecule has 1 aliphatic heterocycles. The van der Waals surface area contributed by atoms with Gasteiger partial charge in [-0.05, 0) is 82.4 Å². The zero-order chi connectivity index (χ0) is 34.1. The Kier molecular flexibility index (Phi) is 9.99. The fourth-order valence-corrected chi connectivity index (χ4v) is 6.84. The number of hydrogen-bond donors (Lipinski definition) is 3. The van der Waals surface area contributed by atoms with Crippen LogP contribution in [-0.4, -0.2) is 59.3 Å². The largest absolute Gasteiger partial charge is 0.489 e. The fourth-order valence-electron chi connectivity index (χ4n) is 6.59. The van der Waals surface area contributed by atoms with Crippen molar-refractivity contribution in [2.75, 3.05) is 26.2 Å². The summed E-state index contributed by atoms with van der Waals surface area (Å²) in [6.45, 7) is 5.98. The van der Waals surface area contributed by atoms with E-state index in [9.17, 15) is 23.1 Å². The first-order valence-electron chi connectivity index (χ1n) is 16.4. The van der Waals surface area contributed by atoms with Crippen molar-refractivity contribution in [3.05, 3.63) is 94.0 Å². The molecule has 3 aromatic carbocycles. The van der Waals surface area contributed by atoms with Gasteiger partial charge < -0.3 is 20.5 Å². The quantitative estimate of drug-likeness (QED) is 0.154. The second kappa shape index (κ2) is 14.0. The monoisotopic (exact) mass is 680 g/mol. The van der Waals surface area contributed by atoms with Crippen LogP contribution >= 0.6 is 11.6 Å². The molecule has 1 saturated heterocycles. The number of ether oxygens (including phenoxy) is 1. The van der Waals surface area contributed by atoms with E-state index < -0.39 is 17.3 Å². The van der Waals surface area contributed by atoms with Crippen LogP contribution in [0.5, 0.6) is 5.75 Å². The minimum Gasteiger partial charge on any atom is -0.489 e. The predicted molar refractivity (Wildman–Crippen MR) is 181 cm³/mol. The maximum atomic E-state index is 14.7. The van der Waals surface area contributed by atoms with E-state index in [1.165, 1.54) is 6.07 Å². The van der Waals surface area contributed by atoms with Crippen molar-refractivity contribution < 1.29 is 27.8 Å². The van der Waals surface area contributed by atoms with E-state index in [0.29, 0.717) is 48.4 Å². The maximum absolute atomic E-state index is 14.7. The Morgan fingerprint density at radius 1 is 1.08 bits per heavy atom. The SMILES string of the molecule is CC(C)Oc1ccc2c(C(=O)NC3(c4ccccc4)CC3)c(CN3CCC(NCCO)CC3)c(-c3cccc(C(F)(F)F)c3)nc2c1Cl. The van der Waals surface area contributed by atoms with E-state index >= 15 is 0 Å². The van der Waals surface area contributed by atoms with Gasteiger partial charge >= 0.3 is 6.18 Å². The summed E-state index contributed by atoms with van der Waals surface area (Å²) in [5.74, 6) is 0.0428. The molecule has 11 heteroatoms. The Bertz CT molecular complexity index is 1770. The van der Waals surface area contributed by atoms with Crippen molar-refractivity contribution in [1.82, 2.24) is 20.5 Å². The number of hydrogen-bond acceptors (Lipinski definition) is 6. The van der Waals surface area contributed by atoms with Crippen molar-refractivity contribution >= 4 is 28.4 Å². The van der Waals surface area contributed by atoms with Crippen LogP contribution in [0.1, 0.15) is 66.6 Å². The van der Waals surface area contributed by atoms with Gasteiger partial charge in [0, 0.05) is 35.6 Å². The first-order valence-corrected chi connectivity index (χ1v) is 16.8. The molecular formula is C37H40ClF3N4O3. The highest BCUT2D eigenvalue weighted by atomic mass is 35.5. The molecule has 1 saturated carbocycles. The highest BCUT2D eigenvalue weighted by Gasteiger charge is 2.46. The average Bonchev–Trinajstić information content (AvgIpc) is 3.85. The maximum Gasteiger partial charge on any atom is 0.416 e. The number of fused-ring (bicyclic) bond motifs is 1. The van der Waals surface area contributed by atoms with Gasteiger partial charge in [-0.3, -0.25) is 9.69 Å². The summed E-state index contributed by atoms with van der Waals surface area (Å²) in [7, 11) is 0. The molecule has 7 nitrogen and oxygen atoms in total. The molecule has 6 rings (SSSR count). The summed E-state index contributed by atoms with van der Waals surface area (Å²) in [4.78, 5) is 21.8. The van der Waals surface area contributed by atoms with Crippen LogP contribution < -0.4 is 15.4 Å². The van der Waals surface area contributed by atoms with Gasteiger partial charge in [0.1, 0.15) is 10.8 Å². The van der Waals surface area contributed by atoms with E-state index in [2.05, 4.69) is 15.5 Å². The Labute approximate surface area is 283 Å². The lowest BCUT2D eigenvalue weighted by molar-refractivity contribution is -0.137. The van der Waals surface area contributed by atoms with Crippen molar-refractivity contribution in [1.29, 1.82) is 0 Å². The number of carbonyl (C=O) groups is 1. The third-order valence-corrected chi connectivity index (χ3v) is 9.52. The summed E-state index contributed by atoms with van der Waals surface area (Å²) < 4.78 is 47.9. The molecule has 254 valence electrons. The average molecular weight is 681 g/mol. The van der Waals surface area contributed by atoms with Gasteiger partial charge in [0.05, 0.1) is 40.6 Å². The van der Waals surface area contributed by atoms with Crippen molar-refractivity contribution in [3.8, 4) is 17.0 Å². The van der Waals surface area contributed by atoms with Crippen molar-refractivity contribution in [2.45, 2.75) is 69.9 Å². The zero-order valence-corrected chi connectivity index (χ0v) is 27.8. The number of alkyl halides is 3. The molecule has 0 radical (unpaired) electrons.